The van der Waals surface area contributed by atoms with Crippen molar-refractivity contribution >= 4 is 28.1 Å². The van der Waals surface area contributed by atoms with Gasteiger partial charge in [0.15, 0.2) is 0 Å². The van der Waals surface area contributed by atoms with Gasteiger partial charge in [-0.15, -0.1) is 10.2 Å². The molecule has 218 valence electrons. The lowest BCUT2D eigenvalue weighted by molar-refractivity contribution is -0.125. The van der Waals surface area contributed by atoms with Crippen LogP contribution in [0, 0.1) is 5.92 Å². The molecule has 0 radical (unpaired) electrons. The highest BCUT2D eigenvalue weighted by Gasteiger charge is 2.26. The average Bonchev–Trinajstić information content (AvgIpc) is 3.65. The van der Waals surface area contributed by atoms with E-state index in [1.54, 1.807) is 11.3 Å². The molecule has 0 spiro atoms. The topological polar surface area (TPSA) is 87.6 Å². The third kappa shape index (κ3) is 8.44. The van der Waals surface area contributed by atoms with Gasteiger partial charge >= 0.3 is 0 Å². The first-order valence-electron chi connectivity index (χ1n) is 14.8. The number of carbonyl (C=O) groups excluding carboxylic acids is 1. The number of nitrogens with zero attached hydrogens (tertiary/aromatic N) is 5. The van der Waals surface area contributed by atoms with E-state index < -0.39 is 0 Å². The number of rotatable bonds is 16. The summed E-state index contributed by atoms with van der Waals surface area (Å²) < 4.78 is 7.62. The van der Waals surface area contributed by atoms with Crippen LogP contribution in [0.3, 0.4) is 0 Å². The van der Waals surface area contributed by atoms with Gasteiger partial charge in [-0.25, -0.2) is 0 Å². The van der Waals surface area contributed by atoms with E-state index >= 15 is 0 Å². The second-order valence-electron chi connectivity index (χ2n) is 10.3. The molecule has 0 unspecified atom stereocenters. The van der Waals surface area contributed by atoms with E-state index in [2.05, 4.69) is 55.1 Å². The fraction of sp³-hybridized carbons (Fsp3) is 0.567. The van der Waals surface area contributed by atoms with Crippen molar-refractivity contribution in [3.8, 4) is 10.9 Å². The summed E-state index contributed by atoms with van der Waals surface area (Å²) in [6, 6.07) is 12.1. The van der Waals surface area contributed by atoms with E-state index in [4.69, 9.17) is 4.74 Å². The third-order valence-electron chi connectivity index (χ3n) is 7.25. The van der Waals surface area contributed by atoms with E-state index in [0.29, 0.717) is 13.2 Å². The van der Waals surface area contributed by atoms with Crippen LogP contribution in [0.25, 0.3) is 5.13 Å². The molecule has 10 heteroatoms. The Kier molecular flexibility index (Phi) is 11.7. The standard InChI is InChI=1S/C30H45N7O2S/c1-4-17-35(18-5-2)19-8-16-31-28(38)24-14-21-36(22-15-24)29-33-34-30(40-29)37-20-7-9-26(37)23-32-25-10-12-27(13-11-25)39-6-3/h7,9-13,20,24,32H,4-6,8,14-19,21-23H2,1-3H3,(H,31,38). The van der Waals surface area contributed by atoms with Crippen LogP contribution >= 0.6 is 11.3 Å². The zero-order chi connectivity index (χ0) is 28.2. The number of hydrogen-bond donors (Lipinski definition) is 2. The van der Waals surface area contributed by atoms with Gasteiger partial charge in [-0.3, -0.25) is 9.36 Å². The smallest absolute Gasteiger partial charge is 0.223 e. The highest BCUT2D eigenvalue weighted by atomic mass is 32.1. The Balaban J connectivity index is 1.22. The minimum Gasteiger partial charge on any atom is -0.494 e. The fourth-order valence-corrected chi connectivity index (χ4v) is 6.08. The summed E-state index contributed by atoms with van der Waals surface area (Å²) in [5.74, 6) is 1.15. The largest absolute Gasteiger partial charge is 0.494 e. The van der Waals surface area contributed by atoms with E-state index in [0.717, 1.165) is 85.9 Å². The Bertz CT molecular complexity index is 1150. The molecule has 1 aromatic carbocycles. The molecule has 0 atom stereocenters. The van der Waals surface area contributed by atoms with Crippen molar-refractivity contribution in [1.29, 1.82) is 0 Å². The molecule has 2 aromatic heterocycles. The molecular formula is C30H45N7O2S. The lowest BCUT2D eigenvalue weighted by Gasteiger charge is -2.30. The number of anilines is 2. The predicted molar refractivity (Wildman–Crippen MR) is 164 cm³/mol. The molecule has 4 rings (SSSR count). The number of benzene rings is 1. The lowest BCUT2D eigenvalue weighted by Crippen LogP contribution is -2.41. The second-order valence-corrected chi connectivity index (χ2v) is 11.2. The summed E-state index contributed by atoms with van der Waals surface area (Å²) in [4.78, 5) is 17.5. The average molecular weight is 568 g/mol. The Morgan fingerprint density at radius 3 is 2.45 bits per heavy atom. The number of amides is 1. The van der Waals surface area contributed by atoms with Gasteiger partial charge in [-0.05, 0) is 95.1 Å². The Hall–Kier alpha value is -3.11. The maximum Gasteiger partial charge on any atom is 0.223 e. The van der Waals surface area contributed by atoms with Gasteiger partial charge in [-0.1, -0.05) is 25.2 Å². The van der Waals surface area contributed by atoms with Crippen LogP contribution in [0.2, 0.25) is 0 Å². The van der Waals surface area contributed by atoms with Crippen LogP contribution in [0.4, 0.5) is 10.8 Å². The summed E-state index contributed by atoms with van der Waals surface area (Å²) in [6.07, 6.45) is 7.08. The normalized spacial score (nSPS) is 14.1. The van der Waals surface area contributed by atoms with Crippen LogP contribution in [0.1, 0.15) is 58.6 Å². The summed E-state index contributed by atoms with van der Waals surface area (Å²) in [5, 5.41) is 17.4. The van der Waals surface area contributed by atoms with Gasteiger partial charge in [0.2, 0.25) is 16.2 Å². The number of carbonyl (C=O) groups is 1. The molecule has 3 heterocycles. The highest BCUT2D eigenvalue weighted by Crippen LogP contribution is 2.29. The summed E-state index contributed by atoms with van der Waals surface area (Å²) in [7, 11) is 0. The third-order valence-corrected chi connectivity index (χ3v) is 8.23. The minimum atomic E-state index is 0.0794. The summed E-state index contributed by atoms with van der Waals surface area (Å²) in [5.41, 5.74) is 2.15. The predicted octanol–water partition coefficient (Wildman–Crippen LogP) is 5.18. The highest BCUT2D eigenvalue weighted by molar-refractivity contribution is 7.17. The molecule has 0 bridgehead atoms. The first kappa shape index (κ1) is 29.9. The molecule has 40 heavy (non-hydrogen) atoms. The maximum atomic E-state index is 12.8. The van der Waals surface area contributed by atoms with Crippen LogP contribution in [0.5, 0.6) is 5.75 Å². The molecule has 1 aliphatic rings. The Morgan fingerprint density at radius 1 is 1.02 bits per heavy atom. The fourth-order valence-electron chi connectivity index (χ4n) is 5.17. The zero-order valence-corrected chi connectivity index (χ0v) is 25.1. The van der Waals surface area contributed by atoms with Crippen LogP contribution < -0.4 is 20.3 Å². The van der Waals surface area contributed by atoms with Crippen molar-refractivity contribution in [3.05, 3.63) is 48.3 Å². The van der Waals surface area contributed by atoms with Gasteiger partial charge in [-0.2, -0.15) is 0 Å². The van der Waals surface area contributed by atoms with Crippen molar-refractivity contribution in [2.45, 2.75) is 59.4 Å². The zero-order valence-electron chi connectivity index (χ0n) is 24.3. The van der Waals surface area contributed by atoms with E-state index in [-0.39, 0.29) is 11.8 Å². The van der Waals surface area contributed by atoms with Crippen LogP contribution in [0.15, 0.2) is 42.6 Å². The molecule has 3 aromatic rings. The first-order chi connectivity index (χ1) is 19.6. The van der Waals surface area contributed by atoms with E-state index in [9.17, 15) is 4.79 Å². The maximum absolute atomic E-state index is 12.8. The molecular weight excluding hydrogens is 522 g/mol. The molecule has 1 aliphatic heterocycles. The molecule has 1 saturated heterocycles. The van der Waals surface area contributed by atoms with Crippen molar-refractivity contribution in [3.63, 3.8) is 0 Å². The molecule has 0 aliphatic carbocycles. The van der Waals surface area contributed by atoms with Gasteiger partial charge in [0.25, 0.3) is 0 Å². The van der Waals surface area contributed by atoms with Crippen LogP contribution in [-0.4, -0.2) is 71.4 Å². The van der Waals surface area contributed by atoms with Crippen molar-refractivity contribution in [2.24, 2.45) is 5.92 Å². The number of ether oxygens (including phenoxy) is 1. The van der Waals surface area contributed by atoms with Gasteiger partial charge in [0.05, 0.1) is 13.2 Å². The van der Waals surface area contributed by atoms with E-state index in [1.807, 2.05) is 43.5 Å². The number of hydrogen-bond acceptors (Lipinski definition) is 8. The first-order valence-corrected chi connectivity index (χ1v) is 15.6. The number of nitrogens with one attached hydrogen (secondary N) is 2. The lowest BCUT2D eigenvalue weighted by atomic mass is 9.96. The van der Waals surface area contributed by atoms with Crippen LogP contribution in [-0.2, 0) is 11.3 Å². The van der Waals surface area contributed by atoms with E-state index in [1.165, 1.54) is 12.8 Å². The minimum absolute atomic E-state index is 0.0794. The number of aromatic nitrogens is 3. The van der Waals surface area contributed by atoms with Gasteiger partial charge in [0.1, 0.15) is 5.75 Å². The molecule has 1 fully saturated rings. The number of piperidine rings is 1. The molecule has 2 N–H and O–H groups in total. The summed E-state index contributed by atoms with van der Waals surface area (Å²) >= 11 is 1.59. The monoisotopic (exact) mass is 567 g/mol. The quantitative estimate of drug-likeness (QED) is 0.231. The molecule has 9 nitrogen and oxygen atoms in total. The molecule has 0 saturated carbocycles. The second kappa shape index (κ2) is 15.6. The van der Waals surface area contributed by atoms with Crippen molar-refractivity contribution in [1.82, 2.24) is 25.0 Å². The van der Waals surface area contributed by atoms with Crippen molar-refractivity contribution in [2.75, 3.05) is 56.1 Å². The SMILES string of the molecule is CCCN(CCC)CCCNC(=O)C1CCN(c2nnc(-n3cccc3CNc3ccc(OCC)cc3)s2)CC1. The van der Waals surface area contributed by atoms with Gasteiger partial charge in [0, 0.05) is 43.1 Å². The van der Waals surface area contributed by atoms with Crippen molar-refractivity contribution < 1.29 is 9.53 Å². The Morgan fingerprint density at radius 2 is 1.75 bits per heavy atom. The summed E-state index contributed by atoms with van der Waals surface area (Å²) in [6.45, 7) is 13.5. The molecule has 1 amide bonds. The van der Waals surface area contributed by atoms with Gasteiger partial charge < -0.3 is 25.2 Å². The Labute approximate surface area is 242 Å².